The van der Waals surface area contributed by atoms with Crippen LogP contribution < -0.4 is 5.73 Å². The second kappa shape index (κ2) is 6.24. The highest BCUT2D eigenvalue weighted by Gasteiger charge is 2.29. The lowest BCUT2D eigenvalue weighted by atomic mass is 10.2. The molecule has 0 radical (unpaired) electrons. The van der Waals surface area contributed by atoms with Gasteiger partial charge in [-0.2, -0.15) is 4.31 Å². The first kappa shape index (κ1) is 16.7. The molecule has 7 heteroatoms. The average molecular weight is 376 g/mol. The molecule has 118 valence electrons. The van der Waals surface area contributed by atoms with Gasteiger partial charge in [-0.1, -0.05) is 0 Å². The number of sulfonamides is 1. The molecule has 1 aromatic rings. The van der Waals surface area contributed by atoms with Crippen LogP contribution in [0, 0.1) is 6.92 Å². The van der Waals surface area contributed by atoms with Crippen molar-refractivity contribution in [3.05, 3.63) is 22.2 Å². The zero-order valence-electron chi connectivity index (χ0n) is 12.6. The summed E-state index contributed by atoms with van der Waals surface area (Å²) in [5, 5.41) is 0. The van der Waals surface area contributed by atoms with E-state index >= 15 is 0 Å². The number of nitrogens with two attached hydrogens (primary N) is 1. The predicted octanol–water partition coefficient (Wildman–Crippen LogP) is 2.05. The van der Waals surface area contributed by atoms with Gasteiger partial charge in [0.05, 0.1) is 4.90 Å². The van der Waals surface area contributed by atoms with Crippen LogP contribution in [0.15, 0.2) is 21.5 Å². The molecule has 2 N–H and O–H groups in total. The van der Waals surface area contributed by atoms with Gasteiger partial charge in [0.15, 0.2) is 0 Å². The minimum Gasteiger partial charge on any atom is -0.398 e. The van der Waals surface area contributed by atoms with E-state index in [0.29, 0.717) is 17.8 Å². The molecule has 0 saturated carbocycles. The molecule has 1 unspecified atom stereocenters. The Bertz CT molecular complexity index is 633. The van der Waals surface area contributed by atoms with E-state index in [2.05, 4.69) is 20.8 Å². The quantitative estimate of drug-likeness (QED) is 0.817. The molecule has 0 aromatic heterocycles. The van der Waals surface area contributed by atoms with Crippen molar-refractivity contribution in [2.45, 2.75) is 30.7 Å². The molecule has 1 fully saturated rings. The maximum Gasteiger partial charge on any atom is 0.243 e. The van der Waals surface area contributed by atoms with Crippen molar-refractivity contribution in [2.24, 2.45) is 0 Å². The largest absolute Gasteiger partial charge is 0.398 e. The first-order valence-electron chi connectivity index (χ1n) is 6.95. The van der Waals surface area contributed by atoms with Crippen LogP contribution in [0.1, 0.15) is 18.4 Å². The van der Waals surface area contributed by atoms with Crippen molar-refractivity contribution in [1.29, 1.82) is 0 Å². The monoisotopic (exact) mass is 375 g/mol. The normalized spacial score (nSPS) is 20.3. The third-order valence-corrected chi connectivity index (χ3v) is 6.77. The van der Waals surface area contributed by atoms with Crippen molar-refractivity contribution in [3.8, 4) is 0 Å². The van der Waals surface area contributed by atoms with E-state index in [1.807, 2.05) is 7.05 Å². The lowest BCUT2D eigenvalue weighted by molar-refractivity contribution is 0.271. The molecule has 5 nitrogen and oxygen atoms in total. The van der Waals surface area contributed by atoms with Crippen LogP contribution in [-0.4, -0.2) is 50.8 Å². The molecule has 1 aromatic carbocycles. The van der Waals surface area contributed by atoms with Gasteiger partial charge in [0.25, 0.3) is 0 Å². The molecule has 2 rings (SSSR count). The molecule has 1 heterocycles. The fraction of sp³-hybridized carbons (Fsp3) is 0.571. The van der Waals surface area contributed by atoms with Crippen molar-refractivity contribution >= 4 is 31.6 Å². The fourth-order valence-corrected chi connectivity index (χ4v) is 4.62. The number of anilines is 1. The highest BCUT2D eigenvalue weighted by Crippen LogP contribution is 2.28. The summed E-state index contributed by atoms with van der Waals surface area (Å²) in [5.74, 6) is 0. The van der Waals surface area contributed by atoms with E-state index in [1.165, 1.54) is 10.4 Å². The van der Waals surface area contributed by atoms with Gasteiger partial charge in [-0.15, -0.1) is 0 Å². The van der Waals surface area contributed by atoms with Gasteiger partial charge in [-0.05, 0) is 67.0 Å². The Kier molecular flexibility index (Phi) is 4.97. The Labute approximate surface area is 135 Å². The fourth-order valence-electron chi connectivity index (χ4n) is 2.72. The molecule has 21 heavy (non-hydrogen) atoms. The topological polar surface area (TPSA) is 66.6 Å². The van der Waals surface area contributed by atoms with E-state index < -0.39 is 10.0 Å². The number of nitrogens with zero attached hydrogens (tertiary/aromatic N) is 2. The van der Waals surface area contributed by atoms with Crippen LogP contribution in [0.2, 0.25) is 0 Å². The first-order valence-corrected chi connectivity index (χ1v) is 9.19. The summed E-state index contributed by atoms with van der Waals surface area (Å²) >= 11 is 3.32. The number of hydrogen-bond acceptors (Lipinski definition) is 4. The molecule has 1 atom stereocenters. The zero-order valence-corrected chi connectivity index (χ0v) is 15.0. The predicted molar refractivity (Wildman–Crippen MR) is 88.8 cm³/mol. The van der Waals surface area contributed by atoms with Gasteiger partial charge in [0.1, 0.15) is 0 Å². The number of rotatable bonds is 4. The third-order valence-electron chi connectivity index (χ3n) is 4.12. The van der Waals surface area contributed by atoms with E-state index in [1.54, 1.807) is 20.0 Å². The summed E-state index contributed by atoms with van der Waals surface area (Å²) in [7, 11) is 0.167. The van der Waals surface area contributed by atoms with Crippen LogP contribution in [0.5, 0.6) is 0 Å². The van der Waals surface area contributed by atoms with E-state index in [-0.39, 0.29) is 10.9 Å². The smallest absolute Gasteiger partial charge is 0.243 e. The van der Waals surface area contributed by atoms with Gasteiger partial charge < -0.3 is 10.6 Å². The minimum atomic E-state index is -3.51. The highest BCUT2D eigenvalue weighted by atomic mass is 79.9. The SMILES string of the molecule is Cc1cc(Br)c(N)cc1S(=O)(=O)N(C)CC1CCCN1C. The Balaban J connectivity index is 2.27. The van der Waals surface area contributed by atoms with Crippen LogP contribution in [0.3, 0.4) is 0 Å². The zero-order chi connectivity index (χ0) is 15.8. The standard InChI is InChI=1S/C14H22BrN3O2S/c1-10-7-12(15)13(16)8-14(10)21(19,20)18(3)9-11-5-4-6-17(11)2/h7-8,11H,4-6,9,16H2,1-3H3. The number of benzene rings is 1. The first-order chi connectivity index (χ1) is 9.73. The maximum absolute atomic E-state index is 12.7. The van der Waals surface area contributed by atoms with Crippen LogP contribution >= 0.6 is 15.9 Å². The number of halogens is 1. The summed E-state index contributed by atoms with van der Waals surface area (Å²) in [6, 6.07) is 3.57. The molecule has 1 aliphatic heterocycles. The van der Waals surface area contributed by atoms with Crippen LogP contribution in [0.4, 0.5) is 5.69 Å². The molecule has 0 bridgehead atoms. The number of hydrogen-bond donors (Lipinski definition) is 1. The lowest BCUT2D eigenvalue weighted by Gasteiger charge is -2.26. The Morgan fingerprint density at radius 3 is 2.71 bits per heavy atom. The van der Waals surface area contributed by atoms with Crippen LogP contribution in [-0.2, 0) is 10.0 Å². The van der Waals surface area contributed by atoms with Crippen molar-refractivity contribution < 1.29 is 8.42 Å². The molecular weight excluding hydrogens is 354 g/mol. The summed E-state index contributed by atoms with van der Waals surface area (Å²) in [6.07, 6.45) is 2.16. The lowest BCUT2D eigenvalue weighted by Crippen LogP contribution is -2.39. The number of aryl methyl sites for hydroxylation is 1. The van der Waals surface area contributed by atoms with Gasteiger partial charge in [-0.3, -0.25) is 0 Å². The second-order valence-corrected chi connectivity index (χ2v) is 8.57. The average Bonchev–Trinajstić information content (AvgIpc) is 2.79. The highest BCUT2D eigenvalue weighted by molar-refractivity contribution is 9.10. The van der Waals surface area contributed by atoms with E-state index in [4.69, 9.17) is 5.73 Å². The Morgan fingerprint density at radius 1 is 1.48 bits per heavy atom. The number of nitrogen functional groups attached to an aromatic ring is 1. The molecule has 1 saturated heterocycles. The summed E-state index contributed by atoms with van der Waals surface area (Å²) in [4.78, 5) is 2.50. The number of likely N-dealkylation sites (N-methyl/N-ethyl adjacent to an activating group) is 2. The minimum absolute atomic E-state index is 0.284. The van der Waals surface area contributed by atoms with Gasteiger partial charge in [-0.25, -0.2) is 8.42 Å². The maximum atomic E-state index is 12.7. The van der Waals surface area contributed by atoms with Gasteiger partial charge in [0, 0.05) is 29.8 Å². The van der Waals surface area contributed by atoms with Gasteiger partial charge in [0.2, 0.25) is 10.0 Å². The Hall–Kier alpha value is -0.630. The molecule has 1 aliphatic rings. The molecule has 0 amide bonds. The van der Waals surface area contributed by atoms with Crippen molar-refractivity contribution in [2.75, 3.05) is 32.9 Å². The van der Waals surface area contributed by atoms with E-state index in [9.17, 15) is 8.42 Å². The molecular formula is C14H22BrN3O2S. The molecule has 0 spiro atoms. The van der Waals surface area contributed by atoms with Crippen molar-refractivity contribution in [1.82, 2.24) is 9.21 Å². The number of likely N-dealkylation sites (tertiary alicyclic amines) is 1. The summed E-state index contributed by atoms with van der Waals surface area (Å²) < 4.78 is 27.7. The summed E-state index contributed by atoms with van der Waals surface area (Å²) in [5.41, 5.74) is 6.97. The molecule has 0 aliphatic carbocycles. The Morgan fingerprint density at radius 2 is 2.14 bits per heavy atom. The van der Waals surface area contributed by atoms with Crippen molar-refractivity contribution in [3.63, 3.8) is 0 Å². The third kappa shape index (κ3) is 3.41. The van der Waals surface area contributed by atoms with Gasteiger partial charge >= 0.3 is 0 Å². The second-order valence-electron chi connectivity index (χ2n) is 5.70. The van der Waals surface area contributed by atoms with Crippen LogP contribution in [0.25, 0.3) is 0 Å². The van der Waals surface area contributed by atoms with E-state index in [0.717, 1.165) is 23.9 Å². The summed E-state index contributed by atoms with van der Waals surface area (Å²) in [6.45, 7) is 3.32.